The summed E-state index contributed by atoms with van der Waals surface area (Å²) in [7, 11) is 0. The monoisotopic (exact) mass is 339 g/mol. The molecule has 24 heavy (non-hydrogen) atoms. The fourth-order valence-electron chi connectivity index (χ4n) is 4.26. The van der Waals surface area contributed by atoms with E-state index in [0.717, 1.165) is 49.2 Å². The second-order valence-corrected chi connectivity index (χ2v) is 7.14. The number of nitrogens with one attached hydrogen (secondary N) is 2. The van der Waals surface area contributed by atoms with Crippen molar-refractivity contribution >= 4 is 12.2 Å². The predicted octanol–water partition coefficient (Wildman–Crippen LogP) is 2.94. The van der Waals surface area contributed by atoms with Crippen molar-refractivity contribution in [3.05, 3.63) is 63.2 Å². The largest absolute Gasteiger partial charge is 0.331 e. The first-order valence-electron chi connectivity index (χ1n) is 8.44. The molecule has 124 valence electrons. The summed E-state index contributed by atoms with van der Waals surface area (Å²) in [6, 6.07) is 8.36. The van der Waals surface area contributed by atoms with Crippen molar-refractivity contribution in [2.75, 3.05) is 13.1 Å². The lowest BCUT2D eigenvalue weighted by molar-refractivity contribution is 0.297. The summed E-state index contributed by atoms with van der Waals surface area (Å²) in [5.74, 6) is 0. The summed E-state index contributed by atoms with van der Waals surface area (Å²) >= 11 is 5.46. The van der Waals surface area contributed by atoms with Crippen LogP contribution in [0.1, 0.15) is 24.0 Å². The highest BCUT2D eigenvalue weighted by Crippen LogP contribution is 2.45. The van der Waals surface area contributed by atoms with Crippen LogP contribution in [0.3, 0.4) is 0 Å². The number of aromatic amines is 1. The number of hydrogen-bond donors (Lipinski definition) is 2. The zero-order valence-electron chi connectivity index (χ0n) is 13.6. The van der Waals surface area contributed by atoms with E-state index in [1.807, 2.05) is 6.07 Å². The molecule has 1 aliphatic carbocycles. The second-order valence-electron chi connectivity index (χ2n) is 6.75. The molecular weight excluding hydrogens is 318 g/mol. The predicted molar refractivity (Wildman–Crippen MR) is 99.0 cm³/mol. The van der Waals surface area contributed by atoms with Gasteiger partial charge in [0.15, 0.2) is 4.77 Å². The topological polar surface area (TPSA) is 49.8 Å². The van der Waals surface area contributed by atoms with Crippen molar-refractivity contribution in [3.8, 4) is 11.3 Å². The van der Waals surface area contributed by atoms with Crippen LogP contribution in [0.5, 0.6) is 0 Å². The highest BCUT2D eigenvalue weighted by atomic mass is 32.1. The van der Waals surface area contributed by atoms with Crippen LogP contribution in [0.4, 0.5) is 0 Å². The van der Waals surface area contributed by atoms with Gasteiger partial charge in [0.1, 0.15) is 0 Å². The van der Waals surface area contributed by atoms with E-state index >= 15 is 0 Å². The highest BCUT2D eigenvalue weighted by Gasteiger charge is 2.42. The maximum Gasteiger partial charge on any atom is 0.258 e. The molecule has 1 saturated heterocycles. The number of allylic oxidation sites excluding steroid dienone is 1. The molecule has 1 aromatic heterocycles. The van der Waals surface area contributed by atoms with Gasteiger partial charge in [0.2, 0.25) is 0 Å². The van der Waals surface area contributed by atoms with Gasteiger partial charge in [-0.1, -0.05) is 30.3 Å². The van der Waals surface area contributed by atoms with E-state index in [1.165, 1.54) is 5.56 Å². The second kappa shape index (κ2) is 5.83. The fourth-order valence-corrected chi connectivity index (χ4v) is 4.52. The quantitative estimate of drug-likeness (QED) is 0.653. The molecule has 2 aromatic rings. The summed E-state index contributed by atoms with van der Waals surface area (Å²) in [6.45, 7) is 6.09. The van der Waals surface area contributed by atoms with Gasteiger partial charge in [0.05, 0.1) is 5.69 Å². The minimum atomic E-state index is -0.103. The Hall–Kier alpha value is -1.98. The van der Waals surface area contributed by atoms with E-state index in [-0.39, 0.29) is 11.0 Å². The maximum atomic E-state index is 13.3. The molecule has 0 bridgehead atoms. The molecule has 0 atom stereocenters. The van der Waals surface area contributed by atoms with E-state index in [9.17, 15) is 4.79 Å². The van der Waals surface area contributed by atoms with Crippen LogP contribution >= 0.6 is 12.2 Å². The molecule has 2 heterocycles. The van der Waals surface area contributed by atoms with Crippen molar-refractivity contribution in [2.24, 2.45) is 0 Å². The van der Waals surface area contributed by atoms with E-state index in [0.29, 0.717) is 11.3 Å². The summed E-state index contributed by atoms with van der Waals surface area (Å²) in [4.78, 5) is 16.7. The van der Waals surface area contributed by atoms with Crippen molar-refractivity contribution in [2.45, 2.75) is 31.2 Å². The number of hydrogen-bond acceptors (Lipinski definition) is 3. The Morgan fingerprint density at radius 3 is 2.79 bits per heavy atom. The fraction of sp³-hybridized carbons (Fsp3) is 0.368. The molecule has 2 aliphatic rings. The van der Waals surface area contributed by atoms with Crippen LogP contribution in [-0.4, -0.2) is 22.6 Å². The average Bonchev–Trinajstić information content (AvgIpc) is 2.59. The Kier molecular flexibility index (Phi) is 3.77. The van der Waals surface area contributed by atoms with Gasteiger partial charge >= 0.3 is 0 Å². The Morgan fingerprint density at radius 2 is 2.04 bits per heavy atom. The molecule has 1 spiro atoms. The average molecular weight is 339 g/mol. The van der Waals surface area contributed by atoms with E-state index in [1.54, 1.807) is 10.6 Å². The minimum Gasteiger partial charge on any atom is -0.331 e. The molecule has 0 radical (unpaired) electrons. The molecule has 0 saturated carbocycles. The van der Waals surface area contributed by atoms with Crippen LogP contribution < -0.4 is 10.9 Å². The normalized spacial score (nSPS) is 18.0. The van der Waals surface area contributed by atoms with E-state index in [2.05, 4.69) is 35.1 Å². The number of aromatic nitrogens is 2. The Bertz CT molecular complexity index is 919. The first-order valence-corrected chi connectivity index (χ1v) is 8.85. The minimum absolute atomic E-state index is 0.0463. The summed E-state index contributed by atoms with van der Waals surface area (Å²) in [5, 5.41) is 3.43. The first-order chi connectivity index (χ1) is 11.7. The molecule has 1 aliphatic heterocycles. The molecule has 4 rings (SSSR count). The highest BCUT2D eigenvalue weighted by molar-refractivity contribution is 7.71. The lowest BCUT2D eigenvalue weighted by Gasteiger charge is -2.42. The van der Waals surface area contributed by atoms with Crippen LogP contribution in [0.2, 0.25) is 0 Å². The summed E-state index contributed by atoms with van der Waals surface area (Å²) in [5.41, 5.74) is 4.20. The van der Waals surface area contributed by atoms with Crippen molar-refractivity contribution in [3.63, 3.8) is 0 Å². The van der Waals surface area contributed by atoms with Gasteiger partial charge in [-0.05, 0) is 50.1 Å². The molecule has 5 heteroatoms. The van der Waals surface area contributed by atoms with Gasteiger partial charge in [0.25, 0.3) is 5.56 Å². The maximum absolute atomic E-state index is 13.3. The van der Waals surface area contributed by atoms with Gasteiger partial charge in [-0.3, -0.25) is 9.36 Å². The van der Waals surface area contributed by atoms with Crippen molar-refractivity contribution in [1.29, 1.82) is 0 Å². The Balaban J connectivity index is 2.06. The third kappa shape index (κ3) is 2.23. The molecular formula is C19H21N3OS. The number of piperidine rings is 1. The number of benzene rings is 1. The third-order valence-electron chi connectivity index (χ3n) is 5.40. The SMILES string of the molecule is C=CCn1c(=S)[nH]c2c(c1=O)C1(CCNCC1)Cc1ccccc1-2. The molecule has 1 aromatic carbocycles. The van der Waals surface area contributed by atoms with Gasteiger partial charge in [-0.2, -0.15) is 0 Å². The molecule has 0 unspecified atom stereocenters. The van der Waals surface area contributed by atoms with Gasteiger partial charge < -0.3 is 10.3 Å². The lowest BCUT2D eigenvalue weighted by atomic mass is 9.65. The number of fused-ring (bicyclic) bond motifs is 4. The lowest BCUT2D eigenvalue weighted by Crippen LogP contribution is -2.47. The van der Waals surface area contributed by atoms with Crippen molar-refractivity contribution < 1.29 is 0 Å². The van der Waals surface area contributed by atoms with E-state index in [4.69, 9.17) is 12.2 Å². The zero-order valence-corrected chi connectivity index (χ0v) is 14.4. The van der Waals surface area contributed by atoms with Gasteiger partial charge in [-0.25, -0.2) is 0 Å². The molecule has 0 amide bonds. The third-order valence-corrected chi connectivity index (χ3v) is 5.73. The molecule has 2 N–H and O–H groups in total. The Morgan fingerprint density at radius 1 is 1.29 bits per heavy atom. The van der Waals surface area contributed by atoms with Crippen LogP contribution in [0.15, 0.2) is 41.7 Å². The number of rotatable bonds is 2. The number of H-pyrrole nitrogens is 1. The van der Waals surface area contributed by atoms with Gasteiger partial charge in [0, 0.05) is 23.1 Å². The summed E-state index contributed by atoms with van der Waals surface area (Å²) in [6.07, 6.45) is 4.60. The van der Waals surface area contributed by atoms with E-state index < -0.39 is 0 Å². The van der Waals surface area contributed by atoms with Crippen LogP contribution in [0, 0.1) is 4.77 Å². The zero-order chi connectivity index (χ0) is 16.7. The van der Waals surface area contributed by atoms with Gasteiger partial charge in [-0.15, -0.1) is 6.58 Å². The first kappa shape index (κ1) is 15.5. The number of nitrogens with zero attached hydrogens (tertiary/aromatic N) is 1. The molecule has 4 nitrogen and oxygen atoms in total. The summed E-state index contributed by atoms with van der Waals surface area (Å²) < 4.78 is 2.11. The van der Waals surface area contributed by atoms with Crippen LogP contribution in [-0.2, 0) is 18.4 Å². The van der Waals surface area contributed by atoms with Crippen molar-refractivity contribution in [1.82, 2.24) is 14.9 Å². The Labute approximate surface area is 146 Å². The molecule has 1 fully saturated rings. The van der Waals surface area contributed by atoms with Crippen LogP contribution in [0.25, 0.3) is 11.3 Å². The standard InChI is InChI=1S/C19H21N3OS/c1-2-11-22-17(23)15-16(21-18(22)24)14-6-4-3-5-13(14)12-19(15)7-9-20-10-8-19/h2-6,20H,1,7-12H2,(H,21,24). The smallest absolute Gasteiger partial charge is 0.258 e.